The van der Waals surface area contributed by atoms with Crippen molar-refractivity contribution in [2.24, 2.45) is 0 Å². The molecule has 1 atom stereocenters. The Kier molecular flexibility index (Phi) is 5.37. The highest BCUT2D eigenvalue weighted by Crippen LogP contribution is 2.26. The lowest BCUT2D eigenvalue weighted by molar-refractivity contribution is -0.129. The molecule has 1 fully saturated rings. The van der Waals surface area contributed by atoms with Gasteiger partial charge in [-0.2, -0.15) is 0 Å². The molecule has 1 unspecified atom stereocenters. The van der Waals surface area contributed by atoms with Gasteiger partial charge in [0.2, 0.25) is 11.8 Å². The van der Waals surface area contributed by atoms with Gasteiger partial charge < -0.3 is 14.7 Å². The molecular weight excluding hydrogens is 386 g/mol. The van der Waals surface area contributed by atoms with E-state index in [1.54, 1.807) is 42.2 Å². The predicted octanol–water partition coefficient (Wildman–Crippen LogP) is 2.80. The quantitative estimate of drug-likeness (QED) is 0.691. The van der Waals surface area contributed by atoms with Gasteiger partial charge in [-0.15, -0.1) is 0 Å². The Balaban J connectivity index is 1.43. The van der Waals surface area contributed by atoms with Crippen LogP contribution in [0.1, 0.15) is 19.0 Å². The molecule has 30 heavy (non-hydrogen) atoms. The monoisotopic (exact) mass is 409 g/mol. The van der Waals surface area contributed by atoms with Crippen LogP contribution in [0.5, 0.6) is 11.6 Å². The number of aromatic nitrogens is 3. The molecule has 0 bridgehead atoms. The number of carboxylic acid groups (broad SMARTS) is 1. The van der Waals surface area contributed by atoms with Crippen LogP contribution in [0, 0.1) is 0 Å². The summed E-state index contributed by atoms with van der Waals surface area (Å²) in [6.45, 7) is 3.96. The minimum atomic E-state index is -1.03. The molecule has 0 spiro atoms. The molecule has 9 nitrogen and oxygen atoms in total. The Morgan fingerprint density at radius 2 is 2.10 bits per heavy atom. The number of ether oxygens (including phenoxy) is 1. The standard InChI is InChI=1S/C21H23N5O4/c1-14(27)24(2)17-6-7-25(12-17)11-16-10-20(23-13-22-16)30-18-3-4-19-15(9-18)5-8-26(19)21(28)29/h3-5,8-10,13,17H,6-7,11-12H2,1-2H3,(H,28,29). The third-order valence-corrected chi connectivity index (χ3v) is 5.47. The molecule has 0 radical (unpaired) electrons. The Labute approximate surface area is 173 Å². The first kappa shape index (κ1) is 19.8. The van der Waals surface area contributed by atoms with Crippen LogP contribution in [0.25, 0.3) is 10.9 Å². The van der Waals surface area contributed by atoms with Crippen LogP contribution in [-0.2, 0) is 11.3 Å². The van der Waals surface area contributed by atoms with Crippen molar-refractivity contribution < 1.29 is 19.4 Å². The number of hydrogen-bond donors (Lipinski definition) is 1. The molecule has 156 valence electrons. The maximum atomic E-state index is 11.6. The highest BCUT2D eigenvalue weighted by molar-refractivity contribution is 5.89. The van der Waals surface area contributed by atoms with Gasteiger partial charge in [-0.3, -0.25) is 14.3 Å². The molecule has 1 aliphatic heterocycles. The SMILES string of the molecule is CC(=O)N(C)C1CCN(Cc2cc(Oc3ccc4c(ccn4C(=O)O)c3)ncn2)C1. The fourth-order valence-corrected chi connectivity index (χ4v) is 3.75. The molecule has 4 rings (SSSR count). The Bertz CT molecular complexity index is 1100. The van der Waals surface area contributed by atoms with Gasteiger partial charge in [0.1, 0.15) is 12.1 Å². The third kappa shape index (κ3) is 4.11. The maximum Gasteiger partial charge on any atom is 0.415 e. The van der Waals surface area contributed by atoms with E-state index >= 15 is 0 Å². The summed E-state index contributed by atoms with van der Waals surface area (Å²) in [5, 5.41) is 9.95. The molecule has 0 saturated carbocycles. The van der Waals surface area contributed by atoms with Gasteiger partial charge >= 0.3 is 6.09 Å². The van der Waals surface area contributed by atoms with Crippen LogP contribution in [0.2, 0.25) is 0 Å². The van der Waals surface area contributed by atoms with E-state index in [0.717, 1.165) is 35.2 Å². The summed E-state index contributed by atoms with van der Waals surface area (Å²) >= 11 is 0. The van der Waals surface area contributed by atoms with Crippen molar-refractivity contribution in [3.05, 3.63) is 48.5 Å². The number of likely N-dealkylation sites (tertiary alicyclic amines) is 1. The lowest BCUT2D eigenvalue weighted by Gasteiger charge is -2.23. The Morgan fingerprint density at radius 1 is 1.27 bits per heavy atom. The van der Waals surface area contributed by atoms with E-state index in [0.29, 0.717) is 23.7 Å². The molecule has 1 N–H and O–H groups in total. The third-order valence-electron chi connectivity index (χ3n) is 5.47. The van der Waals surface area contributed by atoms with Crippen molar-refractivity contribution in [3.63, 3.8) is 0 Å². The van der Waals surface area contributed by atoms with E-state index in [1.165, 1.54) is 12.5 Å². The molecular formula is C21H23N5O4. The molecule has 1 saturated heterocycles. The smallest absolute Gasteiger partial charge is 0.415 e. The van der Waals surface area contributed by atoms with Crippen molar-refractivity contribution >= 4 is 22.9 Å². The number of amides is 1. The van der Waals surface area contributed by atoms with Gasteiger partial charge in [-0.1, -0.05) is 0 Å². The number of likely N-dealkylation sites (N-methyl/N-ethyl adjacent to an activating group) is 1. The van der Waals surface area contributed by atoms with E-state index in [1.807, 2.05) is 7.05 Å². The number of fused-ring (bicyclic) bond motifs is 1. The molecule has 3 aromatic rings. The van der Waals surface area contributed by atoms with Crippen LogP contribution >= 0.6 is 0 Å². The number of rotatable bonds is 5. The van der Waals surface area contributed by atoms with Gasteiger partial charge in [0.25, 0.3) is 0 Å². The molecule has 3 heterocycles. The van der Waals surface area contributed by atoms with Gasteiger partial charge in [0, 0.05) is 57.3 Å². The second-order valence-electron chi connectivity index (χ2n) is 7.45. The highest BCUT2D eigenvalue weighted by Gasteiger charge is 2.27. The van der Waals surface area contributed by atoms with Crippen molar-refractivity contribution in [2.45, 2.75) is 25.9 Å². The average Bonchev–Trinajstić information content (AvgIpc) is 3.34. The maximum absolute atomic E-state index is 11.6. The largest absolute Gasteiger partial charge is 0.464 e. The van der Waals surface area contributed by atoms with E-state index in [9.17, 15) is 14.7 Å². The molecule has 0 aliphatic carbocycles. The second kappa shape index (κ2) is 8.11. The van der Waals surface area contributed by atoms with Crippen molar-refractivity contribution in [3.8, 4) is 11.6 Å². The first-order valence-electron chi connectivity index (χ1n) is 9.69. The summed E-state index contributed by atoms with van der Waals surface area (Å²) in [4.78, 5) is 35.4. The fraction of sp³-hybridized carbons (Fsp3) is 0.333. The van der Waals surface area contributed by atoms with Gasteiger partial charge in [-0.05, 0) is 30.7 Å². The van der Waals surface area contributed by atoms with Crippen molar-refractivity contribution in [2.75, 3.05) is 20.1 Å². The summed E-state index contributed by atoms with van der Waals surface area (Å²) in [5.74, 6) is 1.07. The van der Waals surface area contributed by atoms with Crippen LogP contribution < -0.4 is 4.74 Å². The normalized spacial score (nSPS) is 16.7. The van der Waals surface area contributed by atoms with Crippen LogP contribution in [0.3, 0.4) is 0 Å². The zero-order valence-electron chi connectivity index (χ0n) is 16.9. The van der Waals surface area contributed by atoms with E-state index in [4.69, 9.17) is 4.74 Å². The van der Waals surface area contributed by atoms with Crippen LogP contribution in [0.15, 0.2) is 42.9 Å². The van der Waals surface area contributed by atoms with E-state index < -0.39 is 6.09 Å². The topological polar surface area (TPSA) is 101 Å². The number of benzene rings is 1. The number of carbonyl (C=O) groups is 2. The van der Waals surface area contributed by atoms with Gasteiger partial charge in [0.05, 0.1) is 11.2 Å². The van der Waals surface area contributed by atoms with Crippen molar-refractivity contribution in [1.29, 1.82) is 0 Å². The molecule has 1 aliphatic rings. The zero-order chi connectivity index (χ0) is 21.3. The average molecular weight is 409 g/mol. The van der Waals surface area contributed by atoms with Gasteiger partial charge in [0.15, 0.2) is 0 Å². The number of carbonyl (C=O) groups excluding carboxylic acids is 1. The van der Waals surface area contributed by atoms with Crippen molar-refractivity contribution in [1.82, 2.24) is 24.3 Å². The second-order valence-corrected chi connectivity index (χ2v) is 7.45. The van der Waals surface area contributed by atoms with Gasteiger partial charge in [-0.25, -0.2) is 14.8 Å². The number of nitrogens with zero attached hydrogens (tertiary/aromatic N) is 5. The van der Waals surface area contributed by atoms with Crippen LogP contribution in [0.4, 0.5) is 4.79 Å². The first-order chi connectivity index (χ1) is 14.4. The first-order valence-corrected chi connectivity index (χ1v) is 9.69. The zero-order valence-corrected chi connectivity index (χ0v) is 16.9. The molecule has 2 aromatic heterocycles. The predicted molar refractivity (Wildman–Crippen MR) is 110 cm³/mol. The molecule has 1 aromatic carbocycles. The summed E-state index contributed by atoms with van der Waals surface area (Å²) in [6, 6.07) is 8.95. The van der Waals surface area contributed by atoms with E-state index in [-0.39, 0.29) is 11.9 Å². The number of hydrogen-bond acceptors (Lipinski definition) is 6. The van der Waals surface area contributed by atoms with E-state index in [2.05, 4.69) is 14.9 Å². The summed E-state index contributed by atoms with van der Waals surface area (Å²) in [5.41, 5.74) is 1.43. The summed E-state index contributed by atoms with van der Waals surface area (Å²) < 4.78 is 7.03. The minimum Gasteiger partial charge on any atom is -0.464 e. The minimum absolute atomic E-state index is 0.0789. The highest BCUT2D eigenvalue weighted by atomic mass is 16.5. The summed E-state index contributed by atoms with van der Waals surface area (Å²) in [7, 11) is 1.84. The lowest BCUT2D eigenvalue weighted by atomic mass is 10.2. The summed E-state index contributed by atoms with van der Waals surface area (Å²) in [6.07, 6.45) is 2.89. The fourth-order valence-electron chi connectivity index (χ4n) is 3.75. The molecule has 1 amide bonds. The Hall–Kier alpha value is -3.46. The molecule has 9 heteroatoms. The van der Waals surface area contributed by atoms with Crippen LogP contribution in [-0.4, -0.2) is 67.6 Å². The Morgan fingerprint density at radius 3 is 2.87 bits per heavy atom. The lowest BCUT2D eigenvalue weighted by Crippen LogP contribution is -2.37.